The Kier molecular flexibility index (Phi) is 5.33. The van der Waals surface area contributed by atoms with Crippen molar-refractivity contribution >= 4 is 23.2 Å². The molecule has 130 valence electrons. The van der Waals surface area contributed by atoms with Gasteiger partial charge in [0.05, 0.1) is 17.9 Å². The second kappa shape index (κ2) is 7.83. The number of carbonyl (C=O) groups excluding carboxylic acids is 2. The van der Waals surface area contributed by atoms with Gasteiger partial charge in [0.1, 0.15) is 0 Å². The second-order valence-electron chi connectivity index (χ2n) is 6.26. The van der Waals surface area contributed by atoms with Gasteiger partial charge in [-0.2, -0.15) is 0 Å². The van der Waals surface area contributed by atoms with Gasteiger partial charge in [0.2, 0.25) is 5.91 Å². The van der Waals surface area contributed by atoms with Crippen molar-refractivity contribution in [3.8, 4) is 0 Å². The van der Waals surface area contributed by atoms with Gasteiger partial charge in [-0.1, -0.05) is 30.3 Å². The van der Waals surface area contributed by atoms with E-state index in [0.717, 1.165) is 30.0 Å². The summed E-state index contributed by atoms with van der Waals surface area (Å²) >= 11 is 0. The van der Waals surface area contributed by atoms with E-state index in [9.17, 15) is 9.59 Å². The van der Waals surface area contributed by atoms with Gasteiger partial charge in [0.25, 0.3) is 5.91 Å². The van der Waals surface area contributed by atoms with Gasteiger partial charge in [0.15, 0.2) is 0 Å². The van der Waals surface area contributed by atoms with E-state index in [-0.39, 0.29) is 18.4 Å². The first-order valence-corrected chi connectivity index (χ1v) is 8.63. The van der Waals surface area contributed by atoms with Crippen LogP contribution in [0.25, 0.3) is 0 Å². The van der Waals surface area contributed by atoms with E-state index in [1.165, 1.54) is 12.8 Å². The number of rotatable bonds is 5. The third-order valence-corrected chi connectivity index (χ3v) is 4.42. The first-order chi connectivity index (χ1) is 12.1. The molecule has 2 aromatic carbocycles. The van der Waals surface area contributed by atoms with Crippen molar-refractivity contribution in [2.75, 3.05) is 29.9 Å². The van der Waals surface area contributed by atoms with Crippen LogP contribution in [0, 0.1) is 6.92 Å². The molecule has 2 aromatic rings. The van der Waals surface area contributed by atoms with Crippen LogP contribution in [-0.2, 0) is 4.79 Å². The molecule has 0 saturated carbocycles. The standard InChI is InChI=1S/C20H23N3O2/c1-15-8-2-3-9-16(15)20(25)21-14-19(24)22-17-10-4-5-11-18(17)23-12-6-7-13-23/h2-5,8-11H,6-7,12-14H2,1H3,(H,21,25)(H,22,24). The highest BCUT2D eigenvalue weighted by Crippen LogP contribution is 2.28. The summed E-state index contributed by atoms with van der Waals surface area (Å²) < 4.78 is 0. The molecule has 5 nitrogen and oxygen atoms in total. The summed E-state index contributed by atoms with van der Waals surface area (Å²) in [5.41, 5.74) is 3.31. The Balaban J connectivity index is 1.60. The highest BCUT2D eigenvalue weighted by Gasteiger charge is 2.17. The van der Waals surface area contributed by atoms with Crippen LogP contribution in [0.2, 0.25) is 0 Å². The van der Waals surface area contributed by atoms with Crippen molar-refractivity contribution in [1.82, 2.24) is 5.32 Å². The number of amides is 2. The van der Waals surface area contributed by atoms with Gasteiger partial charge in [-0.25, -0.2) is 0 Å². The van der Waals surface area contributed by atoms with Crippen LogP contribution in [0.1, 0.15) is 28.8 Å². The normalized spacial score (nSPS) is 13.6. The zero-order chi connectivity index (χ0) is 17.6. The maximum atomic E-state index is 12.3. The Morgan fingerprint density at radius 1 is 1.00 bits per heavy atom. The van der Waals surface area contributed by atoms with E-state index in [0.29, 0.717) is 5.56 Å². The zero-order valence-electron chi connectivity index (χ0n) is 14.4. The fourth-order valence-corrected chi connectivity index (χ4v) is 3.09. The topological polar surface area (TPSA) is 61.4 Å². The van der Waals surface area contributed by atoms with Gasteiger partial charge in [-0.15, -0.1) is 0 Å². The Bertz CT molecular complexity index is 767. The van der Waals surface area contributed by atoms with E-state index in [1.807, 2.05) is 49.4 Å². The molecule has 25 heavy (non-hydrogen) atoms. The Labute approximate surface area is 148 Å². The first-order valence-electron chi connectivity index (χ1n) is 8.63. The summed E-state index contributed by atoms with van der Waals surface area (Å²) in [6.07, 6.45) is 2.35. The fourth-order valence-electron chi connectivity index (χ4n) is 3.09. The summed E-state index contributed by atoms with van der Waals surface area (Å²) in [6.45, 7) is 3.84. The van der Waals surface area contributed by atoms with Crippen LogP contribution in [0.3, 0.4) is 0 Å². The molecule has 0 atom stereocenters. The van der Waals surface area contributed by atoms with E-state index in [4.69, 9.17) is 0 Å². The molecule has 0 radical (unpaired) electrons. The highest BCUT2D eigenvalue weighted by molar-refractivity contribution is 6.01. The number of hydrogen-bond acceptors (Lipinski definition) is 3. The predicted molar refractivity (Wildman–Crippen MR) is 100 cm³/mol. The average molecular weight is 337 g/mol. The molecule has 3 rings (SSSR count). The van der Waals surface area contributed by atoms with Crippen molar-refractivity contribution in [1.29, 1.82) is 0 Å². The highest BCUT2D eigenvalue weighted by atomic mass is 16.2. The van der Waals surface area contributed by atoms with Crippen LogP contribution in [-0.4, -0.2) is 31.4 Å². The van der Waals surface area contributed by atoms with E-state index in [1.54, 1.807) is 6.07 Å². The monoisotopic (exact) mass is 337 g/mol. The number of para-hydroxylation sites is 2. The molecule has 0 aromatic heterocycles. The molecule has 2 amide bonds. The predicted octanol–water partition coefficient (Wildman–Crippen LogP) is 2.96. The Morgan fingerprint density at radius 2 is 1.68 bits per heavy atom. The zero-order valence-corrected chi connectivity index (χ0v) is 14.4. The molecule has 2 N–H and O–H groups in total. The van der Waals surface area contributed by atoms with Crippen molar-refractivity contribution in [2.45, 2.75) is 19.8 Å². The first kappa shape index (κ1) is 17.0. The van der Waals surface area contributed by atoms with Crippen LogP contribution in [0.5, 0.6) is 0 Å². The lowest BCUT2D eigenvalue weighted by atomic mass is 10.1. The van der Waals surface area contributed by atoms with Crippen LogP contribution < -0.4 is 15.5 Å². The number of nitrogens with one attached hydrogen (secondary N) is 2. The summed E-state index contributed by atoms with van der Waals surface area (Å²) in [5.74, 6) is -0.463. The second-order valence-corrected chi connectivity index (χ2v) is 6.26. The molecular weight excluding hydrogens is 314 g/mol. The van der Waals surface area contributed by atoms with E-state index >= 15 is 0 Å². The number of benzene rings is 2. The van der Waals surface area contributed by atoms with Crippen LogP contribution in [0.15, 0.2) is 48.5 Å². The summed E-state index contributed by atoms with van der Waals surface area (Å²) in [4.78, 5) is 26.7. The van der Waals surface area contributed by atoms with Gasteiger partial charge in [-0.3, -0.25) is 9.59 Å². The number of nitrogens with zero attached hydrogens (tertiary/aromatic N) is 1. The van der Waals surface area contributed by atoms with E-state index in [2.05, 4.69) is 15.5 Å². The molecule has 1 saturated heterocycles. The number of carbonyl (C=O) groups is 2. The number of anilines is 2. The average Bonchev–Trinajstić information content (AvgIpc) is 3.15. The maximum absolute atomic E-state index is 12.3. The van der Waals surface area contributed by atoms with Crippen LogP contribution in [0.4, 0.5) is 11.4 Å². The molecule has 0 bridgehead atoms. The molecule has 0 unspecified atom stereocenters. The van der Waals surface area contributed by atoms with Crippen molar-refractivity contribution in [2.24, 2.45) is 0 Å². The molecule has 1 aliphatic rings. The largest absolute Gasteiger partial charge is 0.370 e. The number of aryl methyl sites for hydroxylation is 1. The molecule has 5 heteroatoms. The van der Waals surface area contributed by atoms with Gasteiger partial charge >= 0.3 is 0 Å². The summed E-state index contributed by atoms with van der Waals surface area (Å²) in [5, 5.41) is 5.60. The lowest BCUT2D eigenvalue weighted by Gasteiger charge is -2.21. The molecular formula is C20H23N3O2. The van der Waals surface area contributed by atoms with Gasteiger partial charge in [0, 0.05) is 18.7 Å². The molecule has 1 heterocycles. The minimum Gasteiger partial charge on any atom is -0.370 e. The third-order valence-electron chi connectivity index (χ3n) is 4.42. The third kappa shape index (κ3) is 4.18. The molecule has 0 spiro atoms. The lowest BCUT2D eigenvalue weighted by Crippen LogP contribution is -2.33. The smallest absolute Gasteiger partial charge is 0.251 e. The number of hydrogen-bond donors (Lipinski definition) is 2. The molecule has 0 aliphatic carbocycles. The maximum Gasteiger partial charge on any atom is 0.251 e. The van der Waals surface area contributed by atoms with Crippen molar-refractivity contribution in [3.63, 3.8) is 0 Å². The molecule has 1 fully saturated rings. The Hall–Kier alpha value is -2.82. The van der Waals surface area contributed by atoms with Crippen molar-refractivity contribution < 1.29 is 9.59 Å². The lowest BCUT2D eigenvalue weighted by molar-refractivity contribution is -0.115. The summed E-state index contributed by atoms with van der Waals surface area (Å²) in [6, 6.07) is 15.1. The van der Waals surface area contributed by atoms with Gasteiger partial charge < -0.3 is 15.5 Å². The molecule has 1 aliphatic heterocycles. The minimum atomic E-state index is -0.235. The van der Waals surface area contributed by atoms with Crippen molar-refractivity contribution in [3.05, 3.63) is 59.7 Å². The SMILES string of the molecule is Cc1ccccc1C(=O)NCC(=O)Nc1ccccc1N1CCCC1. The van der Waals surface area contributed by atoms with Crippen LogP contribution >= 0.6 is 0 Å². The Morgan fingerprint density at radius 3 is 2.44 bits per heavy atom. The quantitative estimate of drug-likeness (QED) is 0.882. The minimum absolute atomic E-state index is 0.0541. The van der Waals surface area contributed by atoms with Gasteiger partial charge in [-0.05, 0) is 43.5 Å². The summed E-state index contributed by atoms with van der Waals surface area (Å²) in [7, 11) is 0. The van der Waals surface area contributed by atoms with E-state index < -0.39 is 0 Å². The fraction of sp³-hybridized carbons (Fsp3) is 0.300.